The van der Waals surface area contributed by atoms with E-state index in [4.69, 9.17) is 10.5 Å². The number of thiophene rings is 1. The summed E-state index contributed by atoms with van der Waals surface area (Å²) in [6.45, 7) is 0.517. The number of carbonyl (C=O) groups is 3. The number of nitrogens with two attached hydrogens (primary N) is 1. The molecule has 0 spiro atoms. The Kier molecular flexibility index (Phi) is 4.57. The van der Waals surface area contributed by atoms with Crippen molar-refractivity contribution in [3.05, 3.63) is 22.4 Å². The van der Waals surface area contributed by atoms with Gasteiger partial charge in [0.1, 0.15) is 12.6 Å². The third kappa shape index (κ3) is 3.47. The highest BCUT2D eigenvalue weighted by Crippen LogP contribution is 2.19. The van der Waals surface area contributed by atoms with Gasteiger partial charge >= 0.3 is 6.09 Å². The smallest absolute Gasteiger partial charge is 0.410 e. The fourth-order valence-electron chi connectivity index (χ4n) is 1.84. The van der Waals surface area contributed by atoms with E-state index < -0.39 is 18.0 Å². The summed E-state index contributed by atoms with van der Waals surface area (Å²) in [6.07, 6.45) is -0.438. The fourth-order valence-corrected chi connectivity index (χ4v) is 2.54. The number of hydrogen-bond donors (Lipinski definition) is 2. The molecule has 3 amide bonds. The summed E-state index contributed by atoms with van der Waals surface area (Å²) in [5.41, 5.74) is 4.99. The highest BCUT2D eigenvalue weighted by Gasteiger charge is 2.37. The van der Waals surface area contributed by atoms with Gasteiger partial charge in [0.25, 0.3) is 0 Å². The van der Waals surface area contributed by atoms with Crippen LogP contribution in [0.2, 0.25) is 0 Å². The molecule has 0 aromatic carbocycles. The van der Waals surface area contributed by atoms with E-state index in [0.717, 1.165) is 4.88 Å². The Morgan fingerprint density at radius 1 is 1.55 bits per heavy atom. The van der Waals surface area contributed by atoms with E-state index in [9.17, 15) is 14.4 Å². The van der Waals surface area contributed by atoms with Gasteiger partial charge in [-0.05, 0) is 11.4 Å². The summed E-state index contributed by atoms with van der Waals surface area (Å²) >= 11 is 1.50. The zero-order valence-corrected chi connectivity index (χ0v) is 11.5. The summed E-state index contributed by atoms with van der Waals surface area (Å²) in [6, 6.07) is 3.10. The normalized spacial score (nSPS) is 17.9. The summed E-state index contributed by atoms with van der Waals surface area (Å²) < 4.78 is 4.91. The average Bonchev–Trinajstić information content (AvgIpc) is 3.01. The Labute approximate surface area is 119 Å². The van der Waals surface area contributed by atoms with Crippen molar-refractivity contribution in [2.24, 2.45) is 5.73 Å². The molecule has 2 heterocycles. The lowest BCUT2D eigenvalue weighted by molar-refractivity contribution is -0.125. The minimum atomic E-state index is -0.669. The van der Waals surface area contributed by atoms with Crippen LogP contribution in [-0.2, 0) is 20.9 Å². The molecule has 1 aromatic heterocycles. The van der Waals surface area contributed by atoms with Crippen molar-refractivity contribution >= 4 is 29.2 Å². The van der Waals surface area contributed by atoms with Crippen LogP contribution in [0.4, 0.5) is 4.79 Å². The van der Waals surface area contributed by atoms with Crippen LogP contribution >= 0.6 is 11.3 Å². The van der Waals surface area contributed by atoms with E-state index in [1.54, 1.807) is 0 Å². The topological polar surface area (TPSA) is 102 Å². The second-order valence-corrected chi connectivity index (χ2v) is 5.34. The van der Waals surface area contributed by atoms with Crippen LogP contribution in [0.25, 0.3) is 0 Å². The molecule has 20 heavy (non-hydrogen) atoms. The SMILES string of the molecule is NC(=O)CCNC(=O)[C@@H]1COC(=O)N1Cc1cccs1. The molecule has 1 fully saturated rings. The largest absolute Gasteiger partial charge is 0.447 e. The Balaban J connectivity index is 1.93. The molecule has 3 N–H and O–H groups in total. The van der Waals surface area contributed by atoms with Crippen molar-refractivity contribution in [2.75, 3.05) is 13.2 Å². The molecule has 8 heteroatoms. The number of cyclic esters (lactones) is 1. The second-order valence-electron chi connectivity index (χ2n) is 4.31. The van der Waals surface area contributed by atoms with E-state index >= 15 is 0 Å². The molecule has 1 aliphatic rings. The van der Waals surface area contributed by atoms with E-state index in [1.807, 2.05) is 17.5 Å². The first-order valence-electron chi connectivity index (χ1n) is 6.09. The van der Waals surface area contributed by atoms with Gasteiger partial charge < -0.3 is 15.8 Å². The first-order valence-corrected chi connectivity index (χ1v) is 6.97. The Hall–Kier alpha value is -2.09. The number of nitrogens with one attached hydrogen (secondary N) is 1. The van der Waals surface area contributed by atoms with Crippen LogP contribution in [0.1, 0.15) is 11.3 Å². The summed E-state index contributed by atoms with van der Waals surface area (Å²) in [5, 5.41) is 4.48. The molecule has 1 atom stereocenters. The molecule has 1 saturated heterocycles. The number of hydrogen-bond acceptors (Lipinski definition) is 5. The number of primary amides is 1. The lowest BCUT2D eigenvalue weighted by Crippen LogP contribution is -2.45. The van der Waals surface area contributed by atoms with Crippen molar-refractivity contribution < 1.29 is 19.1 Å². The predicted octanol–water partition coefficient (Wildman–Crippen LogP) is 0.0605. The van der Waals surface area contributed by atoms with Gasteiger partial charge in [-0.1, -0.05) is 6.07 Å². The molecule has 0 unspecified atom stereocenters. The number of rotatable bonds is 6. The molecule has 0 bridgehead atoms. The van der Waals surface area contributed by atoms with Gasteiger partial charge in [-0.15, -0.1) is 11.3 Å². The Bertz CT molecular complexity index is 503. The molecule has 0 saturated carbocycles. The molecular weight excluding hydrogens is 282 g/mol. The maximum Gasteiger partial charge on any atom is 0.410 e. The van der Waals surface area contributed by atoms with Gasteiger partial charge in [0.05, 0.1) is 6.54 Å². The number of ether oxygens (including phenoxy) is 1. The van der Waals surface area contributed by atoms with Crippen molar-refractivity contribution in [1.82, 2.24) is 10.2 Å². The standard InChI is InChI=1S/C12H15N3O4S/c13-10(16)3-4-14-11(17)9-7-19-12(18)15(9)6-8-2-1-5-20-8/h1-2,5,9H,3-4,6-7H2,(H2,13,16)(H,14,17)/t9-/m0/s1. The monoisotopic (exact) mass is 297 g/mol. The minimum absolute atomic E-state index is 0.0204. The fraction of sp³-hybridized carbons (Fsp3) is 0.417. The zero-order chi connectivity index (χ0) is 14.5. The van der Waals surface area contributed by atoms with Gasteiger partial charge in [-0.3, -0.25) is 14.5 Å². The maximum absolute atomic E-state index is 12.0. The maximum atomic E-state index is 12.0. The van der Waals surface area contributed by atoms with Crippen molar-refractivity contribution in [1.29, 1.82) is 0 Å². The molecular formula is C12H15N3O4S. The summed E-state index contributed by atoms with van der Waals surface area (Å²) in [7, 11) is 0. The van der Waals surface area contributed by atoms with Gasteiger partial charge in [0.15, 0.2) is 0 Å². The van der Waals surface area contributed by atoms with Crippen molar-refractivity contribution in [2.45, 2.75) is 19.0 Å². The number of nitrogens with zero attached hydrogens (tertiary/aromatic N) is 1. The van der Waals surface area contributed by atoms with E-state index in [0.29, 0.717) is 6.54 Å². The summed E-state index contributed by atoms with van der Waals surface area (Å²) in [5.74, 6) is -0.826. The third-order valence-corrected chi connectivity index (χ3v) is 3.72. The van der Waals surface area contributed by atoms with Crippen molar-refractivity contribution in [3.63, 3.8) is 0 Å². The predicted molar refractivity (Wildman–Crippen MR) is 71.8 cm³/mol. The first kappa shape index (κ1) is 14.3. The van der Waals surface area contributed by atoms with Gasteiger partial charge in [0, 0.05) is 17.8 Å². The van der Waals surface area contributed by atoms with Crippen LogP contribution in [0.3, 0.4) is 0 Å². The van der Waals surface area contributed by atoms with Crippen molar-refractivity contribution in [3.8, 4) is 0 Å². The Morgan fingerprint density at radius 3 is 3.00 bits per heavy atom. The van der Waals surface area contributed by atoms with E-state index in [1.165, 1.54) is 16.2 Å². The van der Waals surface area contributed by atoms with Gasteiger partial charge in [-0.2, -0.15) is 0 Å². The summed E-state index contributed by atoms with van der Waals surface area (Å²) in [4.78, 5) is 36.6. The lowest BCUT2D eigenvalue weighted by atomic mass is 10.2. The first-order chi connectivity index (χ1) is 9.58. The lowest BCUT2D eigenvalue weighted by Gasteiger charge is -2.19. The second kappa shape index (κ2) is 6.38. The molecule has 7 nitrogen and oxygen atoms in total. The molecule has 1 aliphatic heterocycles. The zero-order valence-electron chi connectivity index (χ0n) is 10.7. The molecule has 1 aromatic rings. The van der Waals surface area contributed by atoms with Gasteiger partial charge in [0.2, 0.25) is 11.8 Å². The van der Waals surface area contributed by atoms with E-state index in [2.05, 4.69) is 5.32 Å². The number of carbonyl (C=O) groups excluding carboxylic acids is 3. The molecule has 0 aliphatic carbocycles. The van der Waals surface area contributed by atoms with Crippen LogP contribution < -0.4 is 11.1 Å². The van der Waals surface area contributed by atoms with Crippen LogP contribution in [0.15, 0.2) is 17.5 Å². The van der Waals surface area contributed by atoms with Crippen LogP contribution in [0.5, 0.6) is 0 Å². The number of amides is 3. The minimum Gasteiger partial charge on any atom is -0.447 e. The molecule has 108 valence electrons. The average molecular weight is 297 g/mol. The quantitative estimate of drug-likeness (QED) is 0.775. The van der Waals surface area contributed by atoms with Crippen LogP contribution in [-0.4, -0.2) is 42.0 Å². The van der Waals surface area contributed by atoms with E-state index in [-0.39, 0.29) is 25.5 Å². The highest BCUT2D eigenvalue weighted by atomic mass is 32.1. The third-order valence-electron chi connectivity index (χ3n) is 2.85. The highest BCUT2D eigenvalue weighted by molar-refractivity contribution is 7.09. The van der Waals surface area contributed by atoms with Crippen LogP contribution in [0, 0.1) is 0 Å². The molecule has 2 rings (SSSR count). The van der Waals surface area contributed by atoms with Gasteiger partial charge in [-0.25, -0.2) is 4.79 Å². The Morgan fingerprint density at radius 2 is 2.35 bits per heavy atom. The molecule has 0 radical (unpaired) electrons.